The maximum absolute atomic E-state index is 4.58. The minimum Gasteiger partial charge on any atom is -0.309 e. The number of nitrogens with one attached hydrogen (secondary N) is 1. The summed E-state index contributed by atoms with van der Waals surface area (Å²) < 4.78 is 4.21. The van der Waals surface area contributed by atoms with Crippen LogP contribution in [0.15, 0.2) is 50.4 Å². The first-order valence-electron chi connectivity index (χ1n) is 7.30. The number of hydrogen-bond acceptors (Lipinski definition) is 3. The number of anilines is 1. The molecule has 3 aromatic rings. The highest BCUT2D eigenvalue weighted by Crippen LogP contribution is 2.25. The van der Waals surface area contributed by atoms with E-state index in [0.29, 0.717) is 0 Å². The molecule has 1 aromatic heterocycles. The first kappa shape index (κ1) is 16.2. The van der Waals surface area contributed by atoms with Crippen molar-refractivity contribution in [2.24, 2.45) is 5.10 Å². The Balaban J connectivity index is 1.86. The van der Waals surface area contributed by atoms with Gasteiger partial charge in [0, 0.05) is 15.5 Å². The van der Waals surface area contributed by atoms with Gasteiger partial charge in [0.15, 0.2) is 0 Å². The Labute approximate surface area is 151 Å². The summed E-state index contributed by atoms with van der Waals surface area (Å²) in [5.41, 5.74) is 7.29. The van der Waals surface area contributed by atoms with Crippen LogP contribution in [0.2, 0.25) is 0 Å². The molecule has 4 nitrogen and oxygen atoms in total. The second-order valence-corrected chi connectivity index (χ2v) is 6.86. The number of imidazole rings is 1. The van der Waals surface area contributed by atoms with Gasteiger partial charge in [0.1, 0.15) is 0 Å². The van der Waals surface area contributed by atoms with Crippen molar-refractivity contribution in [3.63, 3.8) is 0 Å². The first-order chi connectivity index (χ1) is 11.1. The van der Waals surface area contributed by atoms with Crippen LogP contribution in [0, 0.1) is 6.92 Å². The van der Waals surface area contributed by atoms with E-state index in [1.807, 2.05) is 30.3 Å². The van der Waals surface area contributed by atoms with Crippen LogP contribution < -0.4 is 5.43 Å². The lowest BCUT2D eigenvalue weighted by Gasteiger charge is -2.05. The van der Waals surface area contributed by atoms with E-state index in [9.17, 15) is 0 Å². The van der Waals surface area contributed by atoms with E-state index in [0.717, 1.165) is 38.0 Å². The summed E-state index contributed by atoms with van der Waals surface area (Å²) in [5, 5.41) is 4.33. The molecule has 0 atom stereocenters. The minimum absolute atomic E-state index is 0.746. The Morgan fingerprint density at radius 1 is 1.22 bits per heavy atom. The number of fused-ring (bicyclic) bond motifs is 1. The van der Waals surface area contributed by atoms with E-state index >= 15 is 0 Å². The predicted molar refractivity (Wildman–Crippen MR) is 103 cm³/mol. The van der Waals surface area contributed by atoms with E-state index in [1.54, 1.807) is 6.21 Å². The standard InChI is InChI=1S/C17H16Br2N4/c1-3-23-16-7-5-4-6-15(16)21-17(23)22-20-10-12-8-13(18)11(2)14(19)9-12/h4-10H,3H2,1-2H3,(H,21,22)/b20-10-. The lowest BCUT2D eigenvalue weighted by atomic mass is 10.2. The van der Waals surface area contributed by atoms with Gasteiger partial charge < -0.3 is 4.57 Å². The fraction of sp³-hybridized carbons (Fsp3) is 0.176. The number of aromatic nitrogens is 2. The number of hydrazone groups is 1. The summed E-state index contributed by atoms with van der Waals surface area (Å²) in [6.07, 6.45) is 1.79. The molecule has 2 aromatic carbocycles. The van der Waals surface area contributed by atoms with Crippen molar-refractivity contribution in [1.82, 2.24) is 9.55 Å². The maximum atomic E-state index is 4.58. The minimum atomic E-state index is 0.746. The second kappa shape index (κ2) is 6.84. The molecule has 0 unspecified atom stereocenters. The molecule has 0 aliphatic carbocycles. The molecule has 6 heteroatoms. The molecule has 0 bridgehead atoms. The van der Waals surface area contributed by atoms with Crippen LogP contribution >= 0.6 is 31.9 Å². The molecule has 1 N–H and O–H groups in total. The van der Waals surface area contributed by atoms with Crippen molar-refractivity contribution in [3.8, 4) is 0 Å². The molecule has 3 rings (SSSR count). The smallest absolute Gasteiger partial charge is 0.224 e. The van der Waals surface area contributed by atoms with E-state index in [1.165, 1.54) is 5.56 Å². The summed E-state index contributed by atoms with van der Waals surface area (Å²) >= 11 is 7.10. The summed E-state index contributed by atoms with van der Waals surface area (Å²) in [5.74, 6) is 0.746. The highest BCUT2D eigenvalue weighted by atomic mass is 79.9. The summed E-state index contributed by atoms with van der Waals surface area (Å²) in [6, 6.07) is 12.1. The largest absolute Gasteiger partial charge is 0.309 e. The Morgan fingerprint density at radius 2 is 1.91 bits per heavy atom. The Bertz CT molecular complexity index is 860. The van der Waals surface area contributed by atoms with Gasteiger partial charge in [-0.25, -0.2) is 10.4 Å². The SMILES string of the molecule is CCn1c(N/N=C\c2cc(Br)c(C)c(Br)c2)nc2ccccc21. The van der Waals surface area contributed by atoms with Gasteiger partial charge in [-0.1, -0.05) is 44.0 Å². The summed E-state index contributed by atoms with van der Waals surface area (Å²) in [6.45, 7) is 4.98. The third-order valence-electron chi connectivity index (χ3n) is 3.65. The summed E-state index contributed by atoms with van der Waals surface area (Å²) in [7, 11) is 0. The number of benzene rings is 2. The lowest BCUT2D eigenvalue weighted by molar-refractivity contribution is 0.791. The second-order valence-electron chi connectivity index (χ2n) is 5.15. The number of rotatable bonds is 4. The quantitative estimate of drug-likeness (QED) is 0.444. The van der Waals surface area contributed by atoms with Crippen molar-refractivity contribution in [1.29, 1.82) is 0 Å². The van der Waals surface area contributed by atoms with Crippen LogP contribution in [-0.4, -0.2) is 15.8 Å². The van der Waals surface area contributed by atoms with Gasteiger partial charge in [-0.2, -0.15) is 5.10 Å². The zero-order chi connectivity index (χ0) is 16.4. The average molecular weight is 436 g/mol. The van der Waals surface area contributed by atoms with Gasteiger partial charge in [0.25, 0.3) is 0 Å². The average Bonchev–Trinajstić information content (AvgIpc) is 2.90. The first-order valence-corrected chi connectivity index (χ1v) is 8.88. The molecule has 0 fully saturated rings. The highest BCUT2D eigenvalue weighted by molar-refractivity contribution is 9.11. The fourth-order valence-electron chi connectivity index (χ4n) is 2.38. The molecule has 1 heterocycles. The van der Waals surface area contributed by atoms with E-state index in [2.05, 4.69) is 71.9 Å². The van der Waals surface area contributed by atoms with Crippen LogP contribution in [0.4, 0.5) is 5.95 Å². The number of halogens is 2. The third kappa shape index (κ3) is 3.33. The van der Waals surface area contributed by atoms with Crippen molar-refractivity contribution in [3.05, 3.63) is 56.5 Å². The molecule has 0 amide bonds. The molecular formula is C17H16Br2N4. The highest BCUT2D eigenvalue weighted by Gasteiger charge is 2.07. The molecule has 118 valence electrons. The molecule has 0 aliphatic heterocycles. The fourth-order valence-corrected chi connectivity index (χ4v) is 3.61. The van der Waals surface area contributed by atoms with Crippen LogP contribution in [0.1, 0.15) is 18.1 Å². The van der Waals surface area contributed by atoms with Crippen LogP contribution in [0.25, 0.3) is 11.0 Å². The monoisotopic (exact) mass is 434 g/mol. The van der Waals surface area contributed by atoms with Crippen LogP contribution in [-0.2, 0) is 6.54 Å². The van der Waals surface area contributed by atoms with Gasteiger partial charge in [-0.15, -0.1) is 0 Å². The van der Waals surface area contributed by atoms with Gasteiger partial charge >= 0.3 is 0 Å². The topological polar surface area (TPSA) is 42.2 Å². The molecule has 0 spiro atoms. The number of para-hydroxylation sites is 2. The van der Waals surface area contributed by atoms with Gasteiger partial charge in [-0.05, 0) is 49.2 Å². The van der Waals surface area contributed by atoms with E-state index in [-0.39, 0.29) is 0 Å². The van der Waals surface area contributed by atoms with E-state index < -0.39 is 0 Å². The molecule has 0 saturated carbocycles. The maximum Gasteiger partial charge on any atom is 0.224 e. The van der Waals surface area contributed by atoms with Crippen molar-refractivity contribution in [2.75, 3.05) is 5.43 Å². The Kier molecular flexibility index (Phi) is 4.82. The zero-order valence-electron chi connectivity index (χ0n) is 12.8. The van der Waals surface area contributed by atoms with Gasteiger partial charge in [-0.3, -0.25) is 0 Å². The zero-order valence-corrected chi connectivity index (χ0v) is 16.0. The molecular weight excluding hydrogens is 420 g/mol. The third-order valence-corrected chi connectivity index (χ3v) is 5.30. The number of aryl methyl sites for hydroxylation is 1. The van der Waals surface area contributed by atoms with E-state index in [4.69, 9.17) is 0 Å². The molecule has 0 saturated heterocycles. The van der Waals surface area contributed by atoms with Crippen molar-refractivity contribution < 1.29 is 0 Å². The van der Waals surface area contributed by atoms with Crippen LogP contribution in [0.5, 0.6) is 0 Å². The van der Waals surface area contributed by atoms with Crippen molar-refractivity contribution >= 4 is 55.1 Å². The lowest BCUT2D eigenvalue weighted by Crippen LogP contribution is -2.02. The molecule has 23 heavy (non-hydrogen) atoms. The number of nitrogens with zero attached hydrogens (tertiary/aromatic N) is 3. The van der Waals surface area contributed by atoms with Gasteiger partial charge in [0.2, 0.25) is 5.95 Å². The predicted octanol–water partition coefficient (Wildman–Crippen LogP) is 5.34. The normalized spacial score (nSPS) is 11.5. The Hall–Kier alpha value is -1.66. The Morgan fingerprint density at radius 3 is 2.61 bits per heavy atom. The van der Waals surface area contributed by atoms with Crippen molar-refractivity contribution in [2.45, 2.75) is 20.4 Å². The molecule has 0 radical (unpaired) electrons. The summed E-state index contributed by atoms with van der Waals surface area (Å²) in [4.78, 5) is 4.58. The molecule has 0 aliphatic rings. The van der Waals surface area contributed by atoms with Crippen LogP contribution in [0.3, 0.4) is 0 Å². The number of hydrogen-bond donors (Lipinski definition) is 1. The van der Waals surface area contributed by atoms with Gasteiger partial charge in [0.05, 0.1) is 17.2 Å².